The Hall–Kier alpha value is -6.96. The fourth-order valence-corrected chi connectivity index (χ4v) is 10.3. The van der Waals surface area contributed by atoms with Crippen molar-refractivity contribution in [3.8, 4) is 27.9 Å². The van der Waals surface area contributed by atoms with Crippen molar-refractivity contribution < 1.29 is 0 Å². The lowest BCUT2D eigenvalue weighted by atomic mass is 9.87. The summed E-state index contributed by atoms with van der Waals surface area (Å²) in [4.78, 5) is 0. The van der Waals surface area contributed by atoms with E-state index in [2.05, 4.69) is 195 Å². The zero-order chi connectivity index (χ0) is 37.7. The van der Waals surface area contributed by atoms with E-state index in [-0.39, 0.29) is 5.41 Å². The van der Waals surface area contributed by atoms with Crippen molar-refractivity contribution in [2.24, 2.45) is 0 Å². The summed E-state index contributed by atoms with van der Waals surface area (Å²) in [6.45, 7) is 6.87. The summed E-state index contributed by atoms with van der Waals surface area (Å²) < 4.78 is 2.53. The highest BCUT2D eigenvalue weighted by atomic mass is 15.0. The van der Waals surface area contributed by atoms with Crippen LogP contribution in [-0.4, -0.2) is 4.57 Å². The van der Waals surface area contributed by atoms with Crippen molar-refractivity contribution in [2.75, 3.05) is 0 Å². The van der Waals surface area contributed by atoms with Crippen LogP contribution in [0.3, 0.4) is 0 Å². The normalized spacial score (nSPS) is 12.8. The number of hydrogen-bond donors (Lipinski definition) is 0. The molecule has 0 radical (unpaired) electrons. The molecule has 0 aliphatic heterocycles. The fraction of sp³-hybridized carbons (Fsp3) is 0.0714. The van der Waals surface area contributed by atoms with E-state index in [4.69, 9.17) is 0 Å². The van der Waals surface area contributed by atoms with E-state index in [0.717, 1.165) is 0 Å². The first-order valence-corrected chi connectivity index (χ1v) is 20.2. The van der Waals surface area contributed by atoms with E-state index in [1.54, 1.807) is 0 Å². The van der Waals surface area contributed by atoms with Crippen molar-refractivity contribution in [3.05, 3.63) is 175 Å². The smallest absolute Gasteiger partial charge is 0.0553 e. The molecule has 0 spiro atoms. The Morgan fingerprint density at radius 2 is 0.596 bits per heavy atom. The molecule has 0 aliphatic rings. The van der Waals surface area contributed by atoms with Crippen LogP contribution in [0.2, 0.25) is 0 Å². The average molecular weight is 724 g/mol. The Morgan fingerprint density at radius 1 is 0.298 bits per heavy atom. The summed E-state index contributed by atoms with van der Waals surface area (Å²) in [6.07, 6.45) is 0. The molecular weight excluding hydrogens is 687 g/mol. The molecule has 1 heteroatoms. The van der Waals surface area contributed by atoms with Gasteiger partial charge in [-0.2, -0.15) is 0 Å². The predicted octanol–water partition coefficient (Wildman–Crippen LogP) is 15.8. The lowest BCUT2D eigenvalue weighted by Gasteiger charge is -2.19. The van der Waals surface area contributed by atoms with Crippen LogP contribution in [0.1, 0.15) is 26.3 Å². The molecule has 1 nitrogen and oxygen atoms in total. The van der Waals surface area contributed by atoms with Crippen LogP contribution in [0.15, 0.2) is 170 Å². The van der Waals surface area contributed by atoms with Gasteiger partial charge in [-0.05, 0) is 169 Å². The van der Waals surface area contributed by atoms with Crippen molar-refractivity contribution in [2.45, 2.75) is 26.2 Å². The molecule has 0 amide bonds. The first kappa shape index (κ1) is 31.3. The topological polar surface area (TPSA) is 4.93 Å². The Kier molecular flexibility index (Phi) is 5.96. The van der Waals surface area contributed by atoms with Crippen molar-refractivity contribution in [1.29, 1.82) is 0 Å². The lowest BCUT2D eigenvalue weighted by molar-refractivity contribution is 0.590. The summed E-state index contributed by atoms with van der Waals surface area (Å²) in [5.74, 6) is 0. The minimum atomic E-state index is 0.0701. The molecule has 0 saturated heterocycles. The van der Waals surface area contributed by atoms with E-state index < -0.39 is 0 Å². The Morgan fingerprint density at radius 3 is 0.947 bits per heavy atom. The van der Waals surface area contributed by atoms with Crippen molar-refractivity contribution in [3.63, 3.8) is 0 Å². The van der Waals surface area contributed by atoms with E-state index in [9.17, 15) is 0 Å². The average Bonchev–Trinajstić information content (AvgIpc) is 3.58. The maximum atomic E-state index is 2.53. The molecule has 13 rings (SSSR count). The Balaban J connectivity index is 1.08. The first-order valence-electron chi connectivity index (χ1n) is 20.2. The van der Waals surface area contributed by atoms with Gasteiger partial charge in [-0.1, -0.05) is 130 Å². The van der Waals surface area contributed by atoms with Crippen molar-refractivity contribution in [1.82, 2.24) is 4.57 Å². The SMILES string of the molecule is CC(C)(C)c1ccc(-n2c3cc(-c4cc5ccc6cccc7ccc(c4)c5c67)cc4ccc5cc(-c6cc7ccc8cccc9ccc(c6)c7c89)cc2c5c43)cc1. The zero-order valence-corrected chi connectivity index (χ0v) is 32.1. The maximum Gasteiger partial charge on any atom is 0.0553 e. The molecule has 0 unspecified atom stereocenters. The number of aromatic nitrogens is 1. The quantitative estimate of drug-likeness (QED) is 0.160. The van der Waals surface area contributed by atoms with Gasteiger partial charge in [0.15, 0.2) is 0 Å². The fourth-order valence-electron chi connectivity index (χ4n) is 10.3. The number of rotatable bonds is 3. The predicted molar refractivity (Wildman–Crippen MR) is 246 cm³/mol. The van der Waals surface area contributed by atoms with Gasteiger partial charge in [0.2, 0.25) is 0 Å². The molecule has 13 aromatic rings. The van der Waals surface area contributed by atoms with Crippen LogP contribution < -0.4 is 0 Å². The molecule has 0 atom stereocenters. The molecule has 0 saturated carbocycles. The third kappa shape index (κ3) is 4.34. The second-order valence-corrected chi connectivity index (χ2v) is 17.4. The van der Waals surface area contributed by atoms with Gasteiger partial charge in [-0.15, -0.1) is 0 Å². The maximum absolute atomic E-state index is 2.53. The zero-order valence-electron chi connectivity index (χ0n) is 32.1. The van der Waals surface area contributed by atoms with Crippen LogP contribution in [0.25, 0.3) is 125 Å². The van der Waals surface area contributed by atoms with Crippen LogP contribution in [0.5, 0.6) is 0 Å². The van der Waals surface area contributed by atoms with E-state index in [0.29, 0.717) is 0 Å². The molecule has 266 valence electrons. The molecule has 57 heavy (non-hydrogen) atoms. The summed E-state index contributed by atoms with van der Waals surface area (Å²) >= 11 is 0. The third-order valence-electron chi connectivity index (χ3n) is 13.1. The van der Waals surface area contributed by atoms with Gasteiger partial charge in [0.1, 0.15) is 0 Å². The standard InChI is InChI=1S/C56H37N/c1-56(2,3)46-20-22-47(23-21-46)57-48-30-44(42-24-36-14-10-32-6-4-7-33-11-15-37(25-42)52(36)50(32)33)28-40-18-19-41-29-45(31-49(57)55(41)54(40)48)43-26-38-16-12-34-8-5-9-35-13-17-39(27-43)53(38)51(34)35/h4-31H,1-3H3. The molecule has 0 bridgehead atoms. The molecule has 1 aromatic heterocycles. The van der Waals surface area contributed by atoms with Crippen LogP contribution in [0.4, 0.5) is 0 Å². The third-order valence-corrected chi connectivity index (χ3v) is 13.1. The summed E-state index contributed by atoms with van der Waals surface area (Å²) in [5, 5.41) is 21.0. The highest BCUT2D eigenvalue weighted by Gasteiger charge is 2.22. The van der Waals surface area contributed by atoms with Crippen LogP contribution in [0, 0.1) is 0 Å². The summed E-state index contributed by atoms with van der Waals surface area (Å²) in [5.41, 5.74) is 10.0. The van der Waals surface area contributed by atoms with Gasteiger partial charge in [0.25, 0.3) is 0 Å². The number of nitrogens with zero attached hydrogens (tertiary/aromatic N) is 1. The second-order valence-electron chi connectivity index (χ2n) is 17.4. The van der Waals surface area contributed by atoms with Crippen LogP contribution >= 0.6 is 0 Å². The van der Waals surface area contributed by atoms with Crippen LogP contribution in [-0.2, 0) is 5.41 Å². The summed E-state index contributed by atoms with van der Waals surface area (Å²) in [7, 11) is 0. The molecule has 12 aromatic carbocycles. The minimum Gasteiger partial charge on any atom is -0.309 e. The Labute approximate surface area is 330 Å². The highest BCUT2D eigenvalue weighted by molar-refractivity contribution is 6.28. The molecule has 0 aliphatic carbocycles. The number of benzene rings is 12. The lowest BCUT2D eigenvalue weighted by Crippen LogP contribution is -2.10. The van der Waals surface area contributed by atoms with Gasteiger partial charge < -0.3 is 4.57 Å². The van der Waals surface area contributed by atoms with E-state index >= 15 is 0 Å². The van der Waals surface area contributed by atoms with Gasteiger partial charge in [0, 0.05) is 16.5 Å². The van der Waals surface area contributed by atoms with E-state index in [1.807, 2.05) is 0 Å². The first-order chi connectivity index (χ1) is 27.8. The largest absolute Gasteiger partial charge is 0.309 e. The highest BCUT2D eigenvalue weighted by Crippen LogP contribution is 2.46. The van der Waals surface area contributed by atoms with E-state index in [1.165, 1.54) is 131 Å². The molecule has 0 fully saturated rings. The van der Waals surface area contributed by atoms with Gasteiger partial charge in [0.05, 0.1) is 11.0 Å². The molecule has 0 N–H and O–H groups in total. The van der Waals surface area contributed by atoms with Gasteiger partial charge in [-0.25, -0.2) is 0 Å². The molecular formula is C56H37N. The van der Waals surface area contributed by atoms with Gasteiger partial charge >= 0.3 is 0 Å². The van der Waals surface area contributed by atoms with Crippen molar-refractivity contribution >= 4 is 97.2 Å². The monoisotopic (exact) mass is 723 g/mol. The number of hydrogen-bond acceptors (Lipinski definition) is 0. The second kappa shape index (κ2) is 10.9. The summed E-state index contributed by atoms with van der Waals surface area (Å²) in [6, 6.07) is 64.9. The Bertz CT molecular complexity index is 3410. The molecule has 1 heterocycles. The minimum absolute atomic E-state index is 0.0701. The van der Waals surface area contributed by atoms with Gasteiger partial charge in [-0.3, -0.25) is 0 Å².